The zero-order chi connectivity index (χ0) is 21.0. The van der Waals surface area contributed by atoms with E-state index in [0.717, 1.165) is 12.2 Å². The first-order valence-electron chi connectivity index (χ1n) is 9.69. The molecule has 3 rings (SSSR count). The summed E-state index contributed by atoms with van der Waals surface area (Å²) in [5.41, 5.74) is 1.73. The Balaban J connectivity index is 1.70. The molecule has 0 aromatic heterocycles. The van der Waals surface area contributed by atoms with Gasteiger partial charge < -0.3 is 10.2 Å². The highest BCUT2D eigenvalue weighted by atomic mass is 35.5. The number of halogens is 1. The molecule has 1 N–H and O–H groups in total. The van der Waals surface area contributed by atoms with Crippen LogP contribution in [0.2, 0.25) is 5.02 Å². The zero-order valence-corrected chi connectivity index (χ0v) is 18.2. The predicted octanol–water partition coefficient (Wildman–Crippen LogP) is 3.84. The van der Waals surface area contributed by atoms with Crippen molar-refractivity contribution in [3.63, 3.8) is 0 Å². The van der Waals surface area contributed by atoms with E-state index in [1.165, 1.54) is 16.4 Å². The molecular formula is C21H26ClN3O3S. The molecule has 29 heavy (non-hydrogen) atoms. The molecule has 0 aliphatic carbocycles. The molecule has 1 aliphatic heterocycles. The number of hydrogen-bond acceptors (Lipinski definition) is 4. The Bertz CT molecular complexity index is 963. The summed E-state index contributed by atoms with van der Waals surface area (Å²) in [5.74, 6) is -0.546. The molecule has 2 aromatic rings. The van der Waals surface area contributed by atoms with Crippen molar-refractivity contribution in [1.29, 1.82) is 0 Å². The van der Waals surface area contributed by atoms with E-state index in [0.29, 0.717) is 30.1 Å². The highest BCUT2D eigenvalue weighted by Gasteiger charge is 2.33. The van der Waals surface area contributed by atoms with Gasteiger partial charge in [0.2, 0.25) is 15.9 Å². The second-order valence-electron chi connectivity index (χ2n) is 7.21. The Morgan fingerprint density at radius 3 is 2.66 bits per heavy atom. The monoisotopic (exact) mass is 435 g/mol. The van der Waals surface area contributed by atoms with Gasteiger partial charge >= 0.3 is 0 Å². The molecule has 0 saturated carbocycles. The van der Waals surface area contributed by atoms with Crippen molar-refractivity contribution >= 4 is 38.9 Å². The van der Waals surface area contributed by atoms with Crippen LogP contribution in [0.1, 0.15) is 19.8 Å². The van der Waals surface area contributed by atoms with Gasteiger partial charge in [0.25, 0.3) is 0 Å². The van der Waals surface area contributed by atoms with Crippen LogP contribution in [0.15, 0.2) is 53.4 Å². The third-order valence-electron chi connectivity index (χ3n) is 5.24. The highest BCUT2D eigenvalue weighted by molar-refractivity contribution is 7.89. The quantitative estimate of drug-likeness (QED) is 0.748. The van der Waals surface area contributed by atoms with Crippen molar-refractivity contribution in [1.82, 2.24) is 4.31 Å². The van der Waals surface area contributed by atoms with Gasteiger partial charge in [-0.2, -0.15) is 4.31 Å². The lowest BCUT2D eigenvalue weighted by atomic mass is 9.98. The van der Waals surface area contributed by atoms with Crippen LogP contribution in [0.4, 0.5) is 11.4 Å². The van der Waals surface area contributed by atoms with Crippen LogP contribution < -0.4 is 10.2 Å². The van der Waals surface area contributed by atoms with Crippen LogP contribution in [0.25, 0.3) is 0 Å². The molecular weight excluding hydrogens is 410 g/mol. The Morgan fingerprint density at radius 2 is 1.97 bits per heavy atom. The van der Waals surface area contributed by atoms with Gasteiger partial charge in [-0.25, -0.2) is 8.42 Å². The van der Waals surface area contributed by atoms with Crippen LogP contribution in [0, 0.1) is 5.92 Å². The van der Waals surface area contributed by atoms with Gasteiger partial charge in [-0.1, -0.05) is 17.7 Å². The topological polar surface area (TPSA) is 69.7 Å². The van der Waals surface area contributed by atoms with Crippen molar-refractivity contribution < 1.29 is 13.2 Å². The first kappa shape index (κ1) is 21.6. The molecule has 1 heterocycles. The number of nitrogens with zero attached hydrogens (tertiary/aromatic N) is 2. The average molecular weight is 436 g/mol. The Labute approximate surface area is 177 Å². The van der Waals surface area contributed by atoms with Gasteiger partial charge in [-0.15, -0.1) is 0 Å². The Kier molecular flexibility index (Phi) is 6.82. The molecule has 0 spiro atoms. The molecule has 1 amide bonds. The molecule has 1 atom stereocenters. The van der Waals surface area contributed by atoms with Crippen LogP contribution >= 0.6 is 11.6 Å². The third kappa shape index (κ3) is 5.10. The van der Waals surface area contributed by atoms with E-state index in [9.17, 15) is 13.2 Å². The molecule has 0 bridgehead atoms. The number of hydrogen-bond donors (Lipinski definition) is 1. The lowest BCUT2D eigenvalue weighted by Gasteiger charge is -2.31. The minimum atomic E-state index is -3.65. The van der Waals surface area contributed by atoms with Crippen molar-refractivity contribution in [2.75, 3.05) is 36.9 Å². The van der Waals surface area contributed by atoms with Gasteiger partial charge in [-0.3, -0.25) is 4.79 Å². The first-order valence-corrected chi connectivity index (χ1v) is 11.5. The number of sulfonamides is 1. The second kappa shape index (κ2) is 9.15. The maximum atomic E-state index is 12.9. The lowest BCUT2D eigenvalue weighted by molar-refractivity contribution is -0.120. The normalized spacial score (nSPS) is 17.7. The molecule has 2 aromatic carbocycles. The smallest absolute Gasteiger partial charge is 0.243 e. The molecule has 1 fully saturated rings. The lowest BCUT2D eigenvalue weighted by Crippen LogP contribution is -2.43. The van der Waals surface area contributed by atoms with E-state index < -0.39 is 15.9 Å². The van der Waals surface area contributed by atoms with E-state index in [1.807, 2.05) is 31.3 Å². The highest BCUT2D eigenvalue weighted by Crippen LogP contribution is 2.26. The number of carbonyl (C=O) groups is 1. The number of amides is 1. The van der Waals surface area contributed by atoms with E-state index in [-0.39, 0.29) is 17.3 Å². The molecule has 8 heteroatoms. The molecule has 1 aliphatic rings. The van der Waals surface area contributed by atoms with Gasteiger partial charge in [-0.05, 0) is 62.2 Å². The van der Waals surface area contributed by atoms with Crippen molar-refractivity contribution in [2.24, 2.45) is 5.92 Å². The summed E-state index contributed by atoms with van der Waals surface area (Å²) in [5, 5.41) is 3.43. The van der Waals surface area contributed by atoms with Crippen molar-refractivity contribution in [2.45, 2.75) is 24.7 Å². The van der Waals surface area contributed by atoms with Gasteiger partial charge in [0.1, 0.15) is 0 Å². The Hall–Kier alpha value is -2.09. The number of piperidine rings is 1. The first-order chi connectivity index (χ1) is 13.8. The standard InChI is InChI=1S/C21H26ClN3O3S/c1-3-24(2)19-8-4-7-18(14-19)23-21(26)16-6-5-13-25(15-16)29(27,28)20-11-9-17(22)10-12-20/h4,7-12,14,16H,3,5-6,13,15H2,1-2H3,(H,23,26). The van der Waals surface area contributed by atoms with E-state index >= 15 is 0 Å². The fourth-order valence-corrected chi connectivity index (χ4v) is 5.03. The van der Waals surface area contributed by atoms with Crippen LogP contribution in [0.3, 0.4) is 0 Å². The number of anilines is 2. The van der Waals surface area contributed by atoms with Crippen molar-refractivity contribution in [3.8, 4) is 0 Å². The summed E-state index contributed by atoms with van der Waals surface area (Å²) in [6.45, 7) is 3.50. The minimum Gasteiger partial charge on any atom is -0.375 e. The number of nitrogens with one attached hydrogen (secondary N) is 1. The maximum absolute atomic E-state index is 12.9. The predicted molar refractivity (Wildman–Crippen MR) is 117 cm³/mol. The van der Waals surface area contributed by atoms with Crippen LogP contribution in [-0.2, 0) is 14.8 Å². The molecule has 156 valence electrons. The van der Waals surface area contributed by atoms with E-state index in [1.54, 1.807) is 12.1 Å². The maximum Gasteiger partial charge on any atom is 0.243 e. The summed E-state index contributed by atoms with van der Waals surface area (Å²) in [6.07, 6.45) is 1.30. The third-order valence-corrected chi connectivity index (χ3v) is 7.37. The SMILES string of the molecule is CCN(C)c1cccc(NC(=O)C2CCCN(S(=O)(=O)c3ccc(Cl)cc3)C2)c1. The molecule has 1 unspecified atom stereocenters. The Morgan fingerprint density at radius 1 is 1.24 bits per heavy atom. The van der Waals surface area contributed by atoms with Gasteiger partial charge in [0.15, 0.2) is 0 Å². The molecule has 6 nitrogen and oxygen atoms in total. The van der Waals surface area contributed by atoms with Gasteiger partial charge in [0, 0.05) is 43.1 Å². The summed E-state index contributed by atoms with van der Waals surface area (Å²) in [6, 6.07) is 13.8. The molecule has 1 saturated heterocycles. The van der Waals surface area contributed by atoms with E-state index in [2.05, 4.69) is 17.1 Å². The average Bonchev–Trinajstić information content (AvgIpc) is 2.73. The summed E-state index contributed by atoms with van der Waals surface area (Å²) in [7, 11) is -1.66. The number of rotatable bonds is 6. The van der Waals surface area contributed by atoms with E-state index in [4.69, 9.17) is 11.6 Å². The van der Waals surface area contributed by atoms with Gasteiger partial charge in [0.05, 0.1) is 10.8 Å². The van der Waals surface area contributed by atoms with Crippen LogP contribution in [0.5, 0.6) is 0 Å². The number of benzene rings is 2. The minimum absolute atomic E-state index is 0.155. The fourth-order valence-electron chi connectivity index (χ4n) is 3.38. The summed E-state index contributed by atoms with van der Waals surface area (Å²) in [4.78, 5) is 15.1. The largest absolute Gasteiger partial charge is 0.375 e. The summed E-state index contributed by atoms with van der Waals surface area (Å²) < 4.78 is 27.2. The van der Waals surface area contributed by atoms with Crippen LogP contribution in [-0.4, -0.2) is 45.3 Å². The number of carbonyl (C=O) groups excluding carboxylic acids is 1. The summed E-state index contributed by atoms with van der Waals surface area (Å²) >= 11 is 5.86. The second-order valence-corrected chi connectivity index (χ2v) is 9.58. The molecule has 0 radical (unpaired) electrons. The van der Waals surface area contributed by atoms with Crippen molar-refractivity contribution in [3.05, 3.63) is 53.6 Å². The fraction of sp³-hybridized carbons (Fsp3) is 0.381. The zero-order valence-electron chi connectivity index (χ0n) is 16.6.